The number of carbonyl (C=O) groups excluding carboxylic acids is 1. The molecule has 0 bridgehead atoms. The van der Waals surface area contributed by atoms with Gasteiger partial charge in [-0.05, 0) is 12.8 Å². The number of hydrogen-bond donors (Lipinski definition) is 3. The van der Waals surface area contributed by atoms with Crippen LogP contribution in [0, 0.1) is 0 Å². The normalized spacial score (nSPS) is 12.6. The van der Waals surface area contributed by atoms with Crippen LogP contribution in [0.1, 0.15) is 19.3 Å². The molecule has 0 aliphatic rings. The predicted octanol–water partition coefficient (Wildman–Crippen LogP) is -0.102. The van der Waals surface area contributed by atoms with Gasteiger partial charge in [-0.25, -0.2) is 0 Å². The third kappa shape index (κ3) is 6.15. The summed E-state index contributed by atoms with van der Waals surface area (Å²) in [6, 6.07) is 0. The third-order valence-electron chi connectivity index (χ3n) is 1.20. The number of hydrogen-bond acceptors (Lipinski definition) is 5. The maximum atomic E-state index is 10.5. The first-order valence-electron chi connectivity index (χ1n) is 3.34. The Morgan fingerprint density at radius 2 is 2.27 bits per heavy atom. The highest BCUT2D eigenvalue weighted by molar-refractivity contribution is 7.75. The van der Waals surface area contributed by atoms with E-state index in [0.717, 1.165) is 0 Å². The van der Waals surface area contributed by atoms with Crippen molar-refractivity contribution in [2.24, 2.45) is 0 Å². The zero-order chi connectivity index (χ0) is 8.69. The average Bonchev–Trinajstić information content (AvgIpc) is 2.00. The van der Waals surface area contributed by atoms with E-state index in [-0.39, 0.29) is 13.0 Å². The Labute approximate surface area is 70.8 Å². The molecule has 0 aromatic rings. The van der Waals surface area contributed by atoms with Crippen molar-refractivity contribution in [2.45, 2.75) is 25.4 Å². The van der Waals surface area contributed by atoms with Gasteiger partial charge < -0.3 is 14.4 Å². The summed E-state index contributed by atoms with van der Waals surface area (Å²) in [7, 11) is 0. The van der Waals surface area contributed by atoms with Gasteiger partial charge in [0.05, 0.1) is 12.5 Å². The smallest absolute Gasteiger partial charge is 0.320 e. The fraction of sp³-hybridized carbons (Fsp3) is 0.833. The molecule has 1 atom stereocenters. The first-order valence-corrected chi connectivity index (χ1v) is 3.70. The molecule has 4 nitrogen and oxygen atoms in total. The summed E-state index contributed by atoms with van der Waals surface area (Å²) >= 11 is 3.27. The number of aliphatic hydroxyl groups is 2. The molecule has 0 aromatic carbocycles. The van der Waals surface area contributed by atoms with E-state index < -0.39 is 12.1 Å². The lowest BCUT2D eigenvalue weighted by molar-refractivity contribution is -0.135. The van der Waals surface area contributed by atoms with Crippen molar-refractivity contribution < 1.29 is 19.2 Å². The van der Waals surface area contributed by atoms with Crippen LogP contribution in [0.2, 0.25) is 0 Å². The molecule has 0 saturated heterocycles. The van der Waals surface area contributed by atoms with Crippen molar-refractivity contribution in [1.29, 1.82) is 0 Å². The summed E-state index contributed by atoms with van der Waals surface area (Å²) < 4.78 is 4.03. The van der Waals surface area contributed by atoms with Gasteiger partial charge in [0.2, 0.25) is 0 Å². The van der Waals surface area contributed by atoms with Gasteiger partial charge in [0.1, 0.15) is 0 Å². The SMILES string of the molecule is O=C(CC(O)CCCO)OS. The quantitative estimate of drug-likeness (QED) is 0.408. The van der Waals surface area contributed by atoms with Crippen LogP contribution in [0.4, 0.5) is 0 Å². The van der Waals surface area contributed by atoms with Gasteiger partial charge in [0.25, 0.3) is 0 Å². The monoisotopic (exact) mass is 180 g/mol. The minimum Gasteiger partial charge on any atom is -0.396 e. The maximum Gasteiger partial charge on any atom is 0.320 e. The van der Waals surface area contributed by atoms with Gasteiger partial charge in [0, 0.05) is 19.5 Å². The van der Waals surface area contributed by atoms with E-state index in [1.54, 1.807) is 0 Å². The highest BCUT2D eigenvalue weighted by atomic mass is 32.1. The van der Waals surface area contributed by atoms with Crippen molar-refractivity contribution in [2.75, 3.05) is 6.61 Å². The molecule has 0 spiro atoms. The Kier molecular flexibility index (Phi) is 6.30. The molecule has 0 radical (unpaired) electrons. The lowest BCUT2D eigenvalue weighted by Crippen LogP contribution is -2.13. The Hall–Kier alpha value is -0.260. The molecule has 0 rings (SSSR count). The molecule has 0 aromatic heterocycles. The van der Waals surface area contributed by atoms with E-state index in [1.165, 1.54) is 0 Å². The van der Waals surface area contributed by atoms with Crippen LogP contribution in [0.3, 0.4) is 0 Å². The minimum atomic E-state index is -0.734. The zero-order valence-corrected chi connectivity index (χ0v) is 6.96. The van der Waals surface area contributed by atoms with Gasteiger partial charge in [-0.3, -0.25) is 4.79 Å². The van der Waals surface area contributed by atoms with Crippen LogP contribution in [-0.4, -0.2) is 28.9 Å². The van der Waals surface area contributed by atoms with Crippen molar-refractivity contribution >= 4 is 18.9 Å². The Morgan fingerprint density at radius 3 is 2.73 bits per heavy atom. The summed E-state index contributed by atoms with van der Waals surface area (Å²) in [5.41, 5.74) is 0. The lowest BCUT2D eigenvalue weighted by atomic mass is 10.1. The molecule has 11 heavy (non-hydrogen) atoms. The van der Waals surface area contributed by atoms with Gasteiger partial charge in [-0.1, -0.05) is 0 Å². The Morgan fingerprint density at radius 1 is 1.64 bits per heavy atom. The van der Waals surface area contributed by atoms with E-state index in [2.05, 4.69) is 17.1 Å². The second kappa shape index (κ2) is 6.45. The number of aliphatic hydroxyl groups excluding tert-OH is 2. The second-order valence-electron chi connectivity index (χ2n) is 2.19. The largest absolute Gasteiger partial charge is 0.396 e. The van der Waals surface area contributed by atoms with Crippen LogP contribution in [0.5, 0.6) is 0 Å². The van der Waals surface area contributed by atoms with E-state index in [1.807, 2.05) is 0 Å². The van der Waals surface area contributed by atoms with Crippen LogP contribution in [0.15, 0.2) is 0 Å². The molecule has 2 N–H and O–H groups in total. The third-order valence-corrected chi connectivity index (χ3v) is 1.40. The molecule has 0 heterocycles. The zero-order valence-electron chi connectivity index (χ0n) is 6.06. The molecule has 0 aliphatic carbocycles. The highest BCUT2D eigenvalue weighted by Gasteiger charge is 2.10. The first-order chi connectivity index (χ1) is 5.20. The minimum absolute atomic E-state index is 0.0208. The van der Waals surface area contributed by atoms with E-state index in [4.69, 9.17) is 10.2 Å². The van der Waals surface area contributed by atoms with Gasteiger partial charge >= 0.3 is 5.97 Å². The Balaban J connectivity index is 3.35. The van der Waals surface area contributed by atoms with Crippen molar-refractivity contribution in [1.82, 2.24) is 0 Å². The summed E-state index contributed by atoms with van der Waals surface area (Å²) in [6.07, 6.45) is 0.0889. The highest BCUT2D eigenvalue weighted by Crippen LogP contribution is 2.02. The average molecular weight is 180 g/mol. The van der Waals surface area contributed by atoms with Crippen LogP contribution >= 0.6 is 12.9 Å². The van der Waals surface area contributed by atoms with Crippen LogP contribution in [0.25, 0.3) is 0 Å². The number of rotatable bonds is 5. The van der Waals surface area contributed by atoms with Crippen molar-refractivity contribution in [3.8, 4) is 0 Å². The molecule has 0 saturated carbocycles. The lowest BCUT2D eigenvalue weighted by Gasteiger charge is -2.06. The standard InChI is InChI=1S/C6H12O4S/c7-3-1-2-5(8)4-6(9)10-11/h5,7-8,11H,1-4H2. The summed E-state index contributed by atoms with van der Waals surface area (Å²) in [6.45, 7) is 0.0208. The fourth-order valence-electron chi connectivity index (χ4n) is 0.659. The topological polar surface area (TPSA) is 66.8 Å². The predicted molar refractivity (Wildman–Crippen MR) is 42.0 cm³/mol. The van der Waals surface area contributed by atoms with E-state index in [9.17, 15) is 4.79 Å². The van der Waals surface area contributed by atoms with Gasteiger partial charge in [-0.2, -0.15) is 0 Å². The van der Waals surface area contributed by atoms with E-state index in [0.29, 0.717) is 12.8 Å². The van der Waals surface area contributed by atoms with Crippen molar-refractivity contribution in [3.05, 3.63) is 0 Å². The van der Waals surface area contributed by atoms with Gasteiger partial charge in [-0.15, -0.1) is 0 Å². The van der Waals surface area contributed by atoms with E-state index >= 15 is 0 Å². The molecule has 66 valence electrons. The van der Waals surface area contributed by atoms with Crippen LogP contribution in [-0.2, 0) is 8.98 Å². The molecule has 5 heteroatoms. The molecule has 0 amide bonds. The molecule has 0 aliphatic heterocycles. The maximum absolute atomic E-state index is 10.5. The molecular formula is C6H12O4S. The molecule has 1 unspecified atom stereocenters. The number of carbonyl (C=O) groups is 1. The molecular weight excluding hydrogens is 168 g/mol. The Bertz CT molecular complexity index is 117. The van der Waals surface area contributed by atoms with Crippen LogP contribution < -0.4 is 0 Å². The summed E-state index contributed by atoms with van der Waals surface area (Å²) in [5, 5.41) is 17.4. The van der Waals surface area contributed by atoms with Gasteiger partial charge in [0.15, 0.2) is 0 Å². The number of thiol groups is 1. The summed E-state index contributed by atoms with van der Waals surface area (Å²) in [5.74, 6) is -0.557. The van der Waals surface area contributed by atoms with Crippen molar-refractivity contribution in [3.63, 3.8) is 0 Å². The second-order valence-corrected chi connectivity index (χ2v) is 2.37. The summed E-state index contributed by atoms with van der Waals surface area (Å²) in [4.78, 5) is 10.5. The fourth-order valence-corrected chi connectivity index (χ4v) is 0.733. The first kappa shape index (κ1) is 10.7. The molecule has 0 fully saturated rings.